The van der Waals surface area contributed by atoms with Gasteiger partial charge in [0.05, 0.1) is 12.8 Å². The van der Waals surface area contributed by atoms with Crippen LogP contribution in [0.15, 0.2) is 18.2 Å². The number of aliphatic hydroxyl groups is 1. The number of nitrogens with zero attached hydrogens (tertiary/aromatic N) is 1. The first-order valence-corrected chi connectivity index (χ1v) is 8.08. The summed E-state index contributed by atoms with van der Waals surface area (Å²) >= 11 is 0. The van der Waals surface area contributed by atoms with E-state index in [1.807, 2.05) is 23.1 Å². The fourth-order valence-electron chi connectivity index (χ4n) is 2.72. The molecule has 2 rings (SSSR count). The van der Waals surface area contributed by atoms with E-state index in [2.05, 4.69) is 5.32 Å². The molecular formula is C17H26N2O3. The minimum absolute atomic E-state index is 0.100. The molecule has 1 aliphatic heterocycles. The van der Waals surface area contributed by atoms with E-state index in [0.717, 1.165) is 63.2 Å². The monoisotopic (exact) mass is 306 g/mol. The van der Waals surface area contributed by atoms with Gasteiger partial charge >= 0.3 is 0 Å². The molecule has 1 aromatic carbocycles. The summed E-state index contributed by atoms with van der Waals surface area (Å²) in [6, 6.07) is 5.56. The maximum Gasteiger partial charge on any atom is 0.253 e. The first-order valence-electron chi connectivity index (χ1n) is 8.08. The molecule has 5 heteroatoms. The molecule has 0 radical (unpaired) electrons. The van der Waals surface area contributed by atoms with Crippen LogP contribution in [0.25, 0.3) is 0 Å². The summed E-state index contributed by atoms with van der Waals surface area (Å²) in [5.41, 5.74) is 1.57. The van der Waals surface area contributed by atoms with Crippen molar-refractivity contribution in [2.75, 3.05) is 38.7 Å². The molecular weight excluding hydrogens is 280 g/mol. The molecule has 1 saturated heterocycles. The molecule has 22 heavy (non-hydrogen) atoms. The predicted octanol–water partition coefficient (Wildman–Crippen LogP) is 2.51. The van der Waals surface area contributed by atoms with Crippen LogP contribution in [0.1, 0.15) is 42.5 Å². The number of methoxy groups -OCH3 is 1. The van der Waals surface area contributed by atoms with Crippen molar-refractivity contribution in [2.24, 2.45) is 0 Å². The number of hydrogen-bond acceptors (Lipinski definition) is 4. The molecule has 1 aromatic rings. The minimum atomic E-state index is 0.100. The molecule has 0 atom stereocenters. The Hall–Kier alpha value is -1.75. The van der Waals surface area contributed by atoms with E-state index < -0.39 is 0 Å². The molecule has 1 amide bonds. The van der Waals surface area contributed by atoms with Crippen LogP contribution in [0.3, 0.4) is 0 Å². The van der Waals surface area contributed by atoms with E-state index >= 15 is 0 Å². The van der Waals surface area contributed by atoms with Crippen molar-refractivity contribution in [3.05, 3.63) is 23.8 Å². The molecule has 0 aromatic heterocycles. The number of ether oxygens (including phenoxy) is 1. The summed E-state index contributed by atoms with van der Waals surface area (Å²) < 4.78 is 5.36. The highest BCUT2D eigenvalue weighted by Crippen LogP contribution is 2.26. The van der Waals surface area contributed by atoms with Gasteiger partial charge in [0, 0.05) is 31.8 Å². The molecule has 0 bridgehead atoms. The molecule has 0 saturated carbocycles. The molecule has 1 heterocycles. The maximum absolute atomic E-state index is 12.4. The first kappa shape index (κ1) is 16.6. The van der Waals surface area contributed by atoms with Crippen molar-refractivity contribution in [3.63, 3.8) is 0 Å². The average Bonchev–Trinajstić information content (AvgIpc) is 3.08. The summed E-state index contributed by atoms with van der Waals surface area (Å²) in [7, 11) is 1.63. The Morgan fingerprint density at radius 3 is 2.73 bits per heavy atom. The van der Waals surface area contributed by atoms with Crippen molar-refractivity contribution < 1.29 is 14.6 Å². The fraction of sp³-hybridized carbons (Fsp3) is 0.588. The first-order chi connectivity index (χ1) is 10.8. The Kier molecular flexibility index (Phi) is 6.52. The smallest absolute Gasteiger partial charge is 0.253 e. The van der Waals surface area contributed by atoms with Gasteiger partial charge in [0.2, 0.25) is 0 Å². The van der Waals surface area contributed by atoms with Gasteiger partial charge < -0.3 is 20.1 Å². The third-order valence-corrected chi connectivity index (χ3v) is 3.99. The Bertz CT molecular complexity index is 485. The van der Waals surface area contributed by atoms with Gasteiger partial charge in [-0.2, -0.15) is 0 Å². The number of carbonyl (C=O) groups is 1. The molecule has 1 fully saturated rings. The number of hydrogen-bond donors (Lipinski definition) is 2. The highest BCUT2D eigenvalue weighted by atomic mass is 16.5. The number of likely N-dealkylation sites (tertiary alicyclic amines) is 1. The van der Waals surface area contributed by atoms with Crippen LogP contribution in [-0.2, 0) is 0 Å². The summed E-state index contributed by atoms with van der Waals surface area (Å²) in [4.78, 5) is 14.4. The van der Waals surface area contributed by atoms with E-state index in [1.165, 1.54) is 0 Å². The van der Waals surface area contributed by atoms with Crippen molar-refractivity contribution in [1.29, 1.82) is 0 Å². The highest BCUT2D eigenvalue weighted by molar-refractivity contribution is 5.95. The topological polar surface area (TPSA) is 61.8 Å². The largest absolute Gasteiger partial charge is 0.495 e. The molecule has 0 spiro atoms. The Balaban J connectivity index is 2.00. The van der Waals surface area contributed by atoms with Gasteiger partial charge in [-0.25, -0.2) is 0 Å². The lowest BCUT2D eigenvalue weighted by atomic mass is 10.1. The van der Waals surface area contributed by atoms with E-state index in [0.29, 0.717) is 5.56 Å². The molecule has 5 nitrogen and oxygen atoms in total. The molecule has 0 unspecified atom stereocenters. The Labute approximate surface area is 132 Å². The summed E-state index contributed by atoms with van der Waals surface area (Å²) in [5.74, 6) is 0.851. The summed E-state index contributed by atoms with van der Waals surface area (Å²) in [6.45, 7) is 2.75. The Morgan fingerprint density at radius 2 is 2.05 bits per heavy atom. The second-order valence-electron chi connectivity index (χ2n) is 5.63. The standard InChI is InChI=1S/C17H26N2O3/c1-22-16-8-7-14(17(21)19-10-4-5-11-19)13-15(16)18-9-3-2-6-12-20/h7-8,13,18,20H,2-6,9-12H2,1H3. The average molecular weight is 306 g/mol. The molecule has 1 aliphatic rings. The second kappa shape index (κ2) is 8.63. The number of rotatable bonds is 8. The van der Waals surface area contributed by atoms with Gasteiger partial charge in [-0.05, 0) is 50.3 Å². The van der Waals surface area contributed by atoms with Crippen molar-refractivity contribution in [3.8, 4) is 5.75 Å². The minimum Gasteiger partial charge on any atom is -0.495 e. The number of benzene rings is 1. The highest BCUT2D eigenvalue weighted by Gasteiger charge is 2.20. The summed E-state index contributed by atoms with van der Waals surface area (Å²) in [5, 5.41) is 12.1. The molecule has 122 valence electrons. The molecule has 0 aliphatic carbocycles. The van der Waals surface area contributed by atoms with E-state index in [-0.39, 0.29) is 12.5 Å². The van der Waals surface area contributed by atoms with Gasteiger partial charge in [-0.1, -0.05) is 0 Å². The normalized spacial score (nSPS) is 14.2. The van der Waals surface area contributed by atoms with Crippen molar-refractivity contribution in [1.82, 2.24) is 4.90 Å². The van der Waals surface area contributed by atoms with Gasteiger partial charge in [0.15, 0.2) is 0 Å². The zero-order valence-corrected chi connectivity index (χ0v) is 13.3. The van der Waals surface area contributed by atoms with Crippen LogP contribution < -0.4 is 10.1 Å². The second-order valence-corrected chi connectivity index (χ2v) is 5.63. The zero-order chi connectivity index (χ0) is 15.8. The number of amides is 1. The van der Waals surface area contributed by atoms with Gasteiger partial charge in [0.1, 0.15) is 5.75 Å². The van der Waals surface area contributed by atoms with Gasteiger partial charge in [0.25, 0.3) is 5.91 Å². The van der Waals surface area contributed by atoms with Crippen LogP contribution in [0, 0.1) is 0 Å². The lowest BCUT2D eigenvalue weighted by molar-refractivity contribution is 0.0793. The molecule has 2 N–H and O–H groups in total. The zero-order valence-electron chi connectivity index (χ0n) is 13.3. The van der Waals surface area contributed by atoms with E-state index in [4.69, 9.17) is 9.84 Å². The Morgan fingerprint density at radius 1 is 1.27 bits per heavy atom. The SMILES string of the molecule is COc1ccc(C(=O)N2CCCC2)cc1NCCCCCO. The maximum atomic E-state index is 12.4. The lowest BCUT2D eigenvalue weighted by Gasteiger charge is -2.17. The number of nitrogens with one attached hydrogen (secondary N) is 1. The van der Waals surface area contributed by atoms with E-state index in [1.54, 1.807) is 7.11 Å². The number of aliphatic hydroxyl groups excluding tert-OH is 1. The van der Waals surface area contributed by atoms with Crippen LogP contribution in [0.4, 0.5) is 5.69 Å². The van der Waals surface area contributed by atoms with Crippen molar-refractivity contribution in [2.45, 2.75) is 32.1 Å². The van der Waals surface area contributed by atoms with Crippen molar-refractivity contribution >= 4 is 11.6 Å². The summed E-state index contributed by atoms with van der Waals surface area (Å²) in [6.07, 6.45) is 4.98. The fourth-order valence-corrected chi connectivity index (χ4v) is 2.72. The van der Waals surface area contributed by atoms with Crippen LogP contribution in [0.2, 0.25) is 0 Å². The number of unbranched alkanes of at least 4 members (excludes halogenated alkanes) is 2. The van der Waals surface area contributed by atoms with Gasteiger partial charge in [-0.15, -0.1) is 0 Å². The van der Waals surface area contributed by atoms with Gasteiger partial charge in [-0.3, -0.25) is 4.79 Å². The van der Waals surface area contributed by atoms with E-state index in [9.17, 15) is 4.79 Å². The number of carbonyl (C=O) groups excluding carboxylic acids is 1. The predicted molar refractivity (Wildman–Crippen MR) is 87.6 cm³/mol. The lowest BCUT2D eigenvalue weighted by Crippen LogP contribution is -2.27. The van der Waals surface area contributed by atoms with Crippen LogP contribution in [-0.4, -0.2) is 49.3 Å². The van der Waals surface area contributed by atoms with Crippen LogP contribution in [0.5, 0.6) is 5.75 Å². The third kappa shape index (κ3) is 4.37. The quantitative estimate of drug-likeness (QED) is 0.725. The third-order valence-electron chi connectivity index (χ3n) is 3.99. The number of anilines is 1. The van der Waals surface area contributed by atoms with Crippen LogP contribution >= 0.6 is 0 Å².